The van der Waals surface area contributed by atoms with Crippen LogP contribution in [-0.4, -0.2) is 23.5 Å². The van der Waals surface area contributed by atoms with E-state index in [1.54, 1.807) is 6.08 Å². The van der Waals surface area contributed by atoms with Gasteiger partial charge in [0, 0.05) is 12.0 Å². The van der Waals surface area contributed by atoms with E-state index in [1.165, 1.54) is 0 Å². The maximum absolute atomic E-state index is 13.9. The summed E-state index contributed by atoms with van der Waals surface area (Å²) in [6.45, 7) is 6.00. The first-order valence-electron chi connectivity index (χ1n) is 12.3. The maximum Gasteiger partial charge on any atom is 0.236 e. The average Bonchev–Trinajstić information content (AvgIpc) is 3.09. The second kappa shape index (κ2) is 9.62. The maximum atomic E-state index is 13.9. The second-order valence-corrected chi connectivity index (χ2v) is 10.1. The summed E-state index contributed by atoms with van der Waals surface area (Å²) in [4.78, 5) is 41.2. The van der Waals surface area contributed by atoms with Crippen molar-refractivity contribution in [3.05, 3.63) is 71.3 Å². The Hall–Kier alpha value is -2.75. The molecule has 0 radical (unpaired) electrons. The highest BCUT2D eigenvalue weighted by Crippen LogP contribution is 2.53. The summed E-state index contributed by atoms with van der Waals surface area (Å²) in [5.41, 5.74) is 1.25. The van der Waals surface area contributed by atoms with Crippen LogP contribution in [0, 0.1) is 23.2 Å². The zero-order chi connectivity index (χ0) is 23.6. The van der Waals surface area contributed by atoms with Gasteiger partial charge < -0.3 is 5.32 Å². The summed E-state index contributed by atoms with van der Waals surface area (Å²) in [7, 11) is 0. The summed E-state index contributed by atoms with van der Waals surface area (Å²) in [5.74, 6) is -1.24. The van der Waals surface area contributed by atoms with Gasteiger partial charge in [-0.25, -0.2) is 0 Å². The molecule has 1 spiro atoms. The lowest BCUT2D eigenvalue weighted by atomic mass is 9.55. The molecule has 0 saturated carbocycles. The van der Waals surface area contributed by atoms with Gasteiger partial charge in [-0.15, -0.1) is 0 Å². The van der Waals surface area contributed by atoms with Crippen LogP contribution in [0.5, 0.6) is 0 Å². The van der Waals surface area contributed by atoms with Gasteiger partial charge in [0.25, 0.3) is 0 Å². The minimum atomic E-state index is -1.41. The second-order valence-electron chi connectivity index (χ2n) is 10.1. The van der Waals surface area contributed by atoms with E-state index in [2.05, 4.69) is 12.2 Å². The number of rotatable bonds is 2. The van der Waals surface area contributed by atoms with E-state index in [4.69, 9.17) is 0 Å². The van der Waals surface area contributed by atoms with Crippen LogP contribution in [0.4, 0.5) is 0 Å². The Morgan fingerprint density at radius 2 is 1.79 bits per heavy atom. The van der Waals surface area contributed by atoms with Gasteiger partial charge in [-0.05, 0) is 62.7 Å². The van der Waals surface area contributed by atoms with Crippen LogP contribution in [0.2, 0.25) is 0 Å². The van der Waals surface area contributed by atoms with Gasteiger partial charge in [0.2, 0.25) is 5.91 Å². The topological polar surface area (TPSA) is 63.2 Å². The Morgan fingerprint density at radius 3 is 2.55 bits per heavy atom. The number of ketones is 2. The normalized spacial score (nSPS) is 34.9. The molecule has 5 atom stereocenters. The largest absolute Gasteiger partial charge is 0.351 e. The highest BCUT2D eigenvalue weighted by atomic mass is 16.2. The van der Waals surface area contributed by atoms with Crippen LogP contribution < -0.4 is 5.32 Å². The van der Waals surface area contributed by atoms with E-state index in [1.807, 2.05) is 62.4 Å². The van der Waals surface area contributed by atoms with Crippen molar-refractivity contribution >= 4 is 17.5 Å². The molecule has 174 valence electrons. The standard InChI is InChI=1S/C29H35NO3/c1-19-12-7-4-5-10-17-25(31)29-23(16-11-13-19)27(32)21(3)20(2)26(29)24(30-28(29)33)18-22-14-8-6-9-15-22/h6,8-11,14-17,19,23-24,26H,4-5,7,12-13,18H2,1-3H3,(H,30,33)/b16-11+,17-10+/t19-,23+,24+,26+,29-/m1/s1. The third-order valence-corrected chi connectivity index (χ3v) is 7.95. The van der Waals surface area contributed by atoms with Gasteiger partial charge in [-0.2, -0.15) is 0 Å². The number of allylic oxidation sites excluding steroid dienone is 5. The first kappa shape index (κ1) is 23.4. The summed E-state index contributed by atoms with van der Waals surface area (Å²) < 4.78 is 0. The minimum absolute atomic E-state index is 0.0974. The lowest BCUT2D eigenvalue weighted by Crippen LogP contribution is -2.53. The van der Waals surface area contributed by atoms with Crippen LogP contribution in [0.3, 0.4) is 0 Å². The highest BCUT2D eigenvalue weighted by Gasteiger charge is 2.66. The number of benzene rings is 1. The van der Waals surface area contributed by atoms with Crippen LogP contribution in [0.25, 0.3) is 0 Å². The van der Waals surface area contributed by atoms with Crippen molar-refractivity contribution in [2.75, 3.05) is 0 Å². The number of hydrogen-bond donors (Lipinski definition) is 1. The zero-order valence-corrected chi connectivity index (χ0v) is 20.0. The Morgan fingerprint density at radius 1 is 1.03 bits per heavy atom. The molecule has 1 fully saturated rings. The summed E-state index contributed by atoms with van der Waals surface area (Å²) >= 11 is 0. The number of carbonyl (C=O) groups is 3. The van der Waals surface area contributed by atoms with E-state index in [9.17, 15) is 14.4 Å². The molecule has 1 saturated heterocycles. The Kier molecular flexibility index (Phi) is 6.83. The summed E-state index contributed by atoms with van der Waals surface area (Å²) in [6, 6.07) is 9.80. The lowest BCUT2D eigenvalue weighted by Gasteiger charge is -2.42. The van der Waals surface area contributed by atoms with Gasteiger partial charge in [0.05, 0.1) is 5.92 Å². The third-order valence-electron chi connectivity index (χ3n) is 7.95. The number of Topliss-reactive ketones (excluding diaryl/α,β-unsaturated/α-hetero) is 1. The molecule has 1 aromatic rings. The molecule has 4 nitrogen and oxygen atoms in total. The van der Waals surface area contributed by atoms with Crippen molar-refractivity contribution in [3.63, 3.8) is 0 Å². The first-order valence-corrected chi connectivity index (χ1v) is 12.3. The van der Waals surface area contributed by atoms with Crippen LogP contribution >= 0.6 is 0 Å². The molecular formula is C29H35NO3. The highest BCUT2D eigenvalue weighted by molar-refractivity contribution is 6.19. The molecule has 0 unspecified atom stereocenters. The Balaban J connectivity index is 1.84. The lowest BCUT2D eigenvalue weighted by molar-refractivity contribution is -0.146. The van der Waals surface area contributed by atoms with Crippen molar-refractivity contribution in [1.29, 1.82) is 0 Å². The monoisotopic (exact) mass is 445 g/mol. The fourth-order valence-corrected chi connectivity index (χ4v) is 6.02. The quantitative estimate of drug-likeness (QED) is 0.506. The van der Waals surface area contributed by atoms with Gasteiger partial charge in [-0.3, -0.25) is 14.4 Å². The molecule has 1 amide bonds. The fraction of sp³-hybridized carbons (Fsp3) is 0.483. The molecular weight excluding hydrogens is 410 g/mol. The predicted octanol–water partition coefficient (Wildman–Crippen LogP) is 5.15. The van der Waals surface area contributed by atoms with E-state index in [0.29, 0.717) is 17.9 Å². The van der Waals surface area contributed by atoms with Gasteiger partial charge in [0.15, 0.2) is 11.6 Å². The van der Waals surface area contributed by atoms with E-state index < -0.39 is 11.3 Å². The molecule has 0 bridgehead atoms. The number of carbonyl (C=O) groups excluding carboxylic acids is 3. The summed E-state index contributed by atoms with van der Waals surface area (Å²) in [5, 5.41) is 3.16. The third kappa shape index (κ3) is 4.16. The molecule has 4 heteroatoms. The van der Waals surface area contributed by atoms with Crippen LogP contribution in [0.1, 0.15) is 58.4 Å². The molecule has 1 aliphatic heterocycles. The molecule has 1 heterocycles. The van der Waals surface area contributed by atoms with E-state index >= 15 is 0 Å². The average molecular weight is 446 g/mol. The smallest absolute Gasteiger partial charge is 0.236 e. The van der Waals surface area contributed by atoms with Gasteiger partial charge in [-0.1, -0.05) is 73.9 Å². The minimum Gasteiger partial charge on any atom is -0.351 e. The van der Waals surface area contributed by atoms with Crippen molar-refractivity contribution in [3.8, 4) is 0 Å². The van der Waals surface area contributed by atoms with E-state index in [-0.39, 0.29) is 29.4 Å². The van der Waals surface area contributed by atoms with Crippen molar-refractivity contribution in [2.24, 2.45) is 23.2 Å². The Labute approximate surface area is 197 Å². The van der Waals surface area contributed by atoms with E-state index in [0.717, 1.165) is 43.2 Å². The van der Waals surface area contributed by atoms with Gasteiger partial charge in [0.1, 0.15) is 5.41 Å². The first-order chi connectivity index (χ1) is 15.9. The Bertz CT molecular complexity index is 1020. The van der Waals surface area contributed by atoms with Crippen LogP contribution in [-0.2, 0) is 20.8 Å². The molecule has 1 N–H and O–H groups in total. The number of amides is 1. The van der Waals surface area contributed by atoms with Crippen molar-refractivity contribution in [1.82, 2.24) is 5.32 Å². The predicted molar refractivity (Wildman–Crippen MR) is 130 cm³/mol. The SMILES string of the molecule is CC1=C(C)[C@H]2[C@H](Cc3ccccc3)NC(=O)[C@]23C(=O)/C=C/CCCC[C@@H](C)C/C=C/[C@H]3C1=O. The fourth-order valence-electron chi connectivity index (χ4n) is 6.02. The summed E-state index contributed by atoms with van der Waals surface area (Å²) in [6.07, 6.45) is 12.9. The molecule has 1 aromatic carbocycles. The number of nitrogens with one attached hydrogen (secondary N) is 1. The molecule has 4 rings (SSSR count). The molecule has 0 aromatic heterocycles. The van der Waals surface area contributed by atoms with Crippen LogP contribution in [0.15, 0.2) is 65.8 Å². The zero-order valence-electron chi connectivity index (χ0n) is 20.0. The number of hydrogen-bond acceptors (Lipinski definition) is 3. The van der Waals surface area contributed by atoms with Gasteiger partial charge >= 0.3 is 0 Å². The molecule has 33 heavy (non-hydrogen) atoms. The molecule has 2 aliphatic carbocycles. The van der Waals surface area contributed by atoms with Crippen molar-refractivity contribution in [2.45, 2.75) is 65.3 Å². The van der Waals surface area contributed by atoms with Crippen molar-refractivity contribution < 1.29 is 14.4 Å². The molecule has 3 aliphatic rings.